The van der Waals surface area contributed by atoms with Crippen LogP contribution in [0.5, 0.6) is 11.5 Å². The van der Waals surface area contributed by atoms with Crippen LogP contribution in [0.25, 0.3) is 22.0 Å². The van der Waals surface area contributed by atoms with Crippen molar-refractivity contribution >= 4 is 22.1 Å². The average Bonchev–Trinajstić information content (AvgIpc) is 3.04. The molecule has 0 unspecified atom stereocenters. The highest BCUT2D eigenvalue weighted by atomic mass is 32.1. The van der Waals surface area contributed by atoms with Crippen LogP contribution in [-0.2, 0) is 6.54 Å². The first-order valence-corrected chi connectivity index (χ1v) is 9.07. The molecule has 0 spiro atoms. The highest BCUT2D eigenvalue weighted by Gasteiger charge is 2.17. The predicted octanol–water partition coefficient (Wildman–Crippen LogP) is 4.48. The largest absolute Gasteiger partial charge is 0.493 e. The van der Waals surface area contributed by atoms with Gasteiger partial charge in [-0.15, -0.1) is 11.3 Å². The summed E-state index contributed by atoms with van der Waals surface area (Å²) in [6, 6.07) is 10.2. The molecule has 0 amide bonds. The lowest BCUT2D eigenvalue weighted by Crippen LogP contribution is -2.04. The van der Waals surface area contributed by atoms with E-state index in [1.54, 1.807) is 11.3 Å². The fourth-order valence-corrected chi connectivity index (χ4v) is 3.58. The highest BCUT2D eigenvalue weighted by molar-refractivity contribution is 7.09. The summed E-state index contributed by atoms with van der Waals surface area (Å²) in [6.45, 7) is 5.98. The van der Waals surface area contributed by atoms with Crippen molar-refractivity contribution in [2.75, 3.05) is 20.3 Å². The van der Waals surface area contributed by atoms with Crippen LogP contribution in [0.4, 0.5) is 0 Å². The number of thiazole rings is 1. The second-order valence-electron chi connectivity index (χ2n) is 5.32. The van der Waals surface area contributed by atoms with E-state index in [2.05, 4.69) is 22.8 Å². The quantitative estimate of drug-likeness (QED) is 0.687. The van der Waals surface area contributed by atoms with E-state index in [-0.39, 0.29) is 0 Å². The first kappa shape index (κ1) is 16.7. The zero-order valence-electron chi connectivity index (χ0n) is 14.3. The molecule has 0 radical (unpaired) electrons. The highest BCUT2D eigenvalue weighted by Crippen LogP contribution is 2.42. The Kier molecular flexibility index (Phi) is 5.33. The van der Waals surface area contributed by atoms with Crippen molar-refractivity contribution in [1.29, 1.82) is 0 Å². The molecule has 2 aromatic carbocycles. The smallest absolute Gasteiger partial charge is 0.133 e. The van der Waals surface area contributed by atoms with Gasteiger partial charge in [-0.2, -0.15) is 0 Å². The Labute approximate surface area is 146 Å². The van der Waals surface area contributed by atoms with Crippen molar-refractivity contribution in [2.24, 2.45) is 0 Å². The summed E-state index contributed by atoms with van der Waals surface area (Å²) in [6.07, 6.45) is 0. The summed E-state index contributed by atoms with van der Waals surface area (Å²) < 4.78 is 11.8. The molecule has 1 N–H and O–H groups in total. The number of nitrogens with one attached hydrogen (secondary N) is 1. The van der Waals surface area contributed by atoms with Gasteiger partial charge in [0.15, 0.2) is 0 Å². The number of hydrogen-bond donors (Lipinski definition) is 1. The molecule has 126 valence electrons. The Balaban J connectivity index is 2.23. The van der Waals surface area contributed by atoms with E-state index in [1.807, 2.05) is 39.1 Å². The molecule has 1 aromatic heterocycles. The number of rotatable bonds is 7. The normalized spacial score (nSPS) is 11.0. The van der Waals surface area contributed by atoms with Crippen molar-refractivity contribution in [3.05, 3.63) is 40.7 Å². The molecule has 0 aliphatic rings. The molecule has 3 aromatic rings. The van der Waals surface area contributed by atoms with E-state index in [1.165, 1.54) is 0 Å². The predicted molar refractivity (Wildman–Crippen MR) is 100 cm³/mol. The molecule has 0 saturated carbocycles. The lowest BCUT2D eigenvalue weighted by atomic mass is 10.0. The van der Waals surface area contributed by atoms with E-state index in [4.69, 9.17) is 14.5 Å². The van der Waals surface area contributed by atoms with Gasteiger partial charge < -0.3 is 14.8 Å². The van der Waals surface area contributed by atoms with Crippen LogP contribution in [-0.4, -0.2) is 25.2 Å². The molecule has 24 heavy (non-hydrogen) atoms. The molecule has 0 aliphatic heterocycles. The Morgan fingerprint density at radius 2 is 1.75 bits per heavy atom. The zero-order chi connectivity index (χ0) is 16.9. The third-order valence-electron chi connectivity index (χ3n) is 3.71. The Bertz CT molecular complexity index is 829. The Morgan fingerprint density at radius 1 is 1.04 bits per heavy atom. The van der Waals surface area contributed by atoms with Crippen LogP contribution in [0.3, 0.4) is 0 Å². The number of benzene rings is 2. The maximum Gasteiger partial charge on any atom is 0.133 e. The van der Waals surface area contributed by atoms with Crippen LogP contribution in [0.1, 0.15) is 18.9 Å². The first-order valence-electron chi connectivity index (χ1n) is 8.19. The number of aromatic nitrogens is 1. The van der Waals surface area contributed by atoms with E-state index >= 15 is 0 Å². The maximum absolute atomic E-state index is 5.92. The molecule has 0 saturated heterocycles. The molecule has 0 atom stereocenters. The summed E-state index contributed by atoms with van der Waals surface area (Å²) in [7, 11) is 1.93. The van der Waals surface area contributed by atoms with Gasteiger partial charge in [0.25, 0.3) is 0 Å². The number of hydrogen-bond acceptors (Lipinski definition) is 5. The number of fused-ring (bicyclic) bond motifs is 1. The van der Waals surface area contributed by atoms with E-state index in [9.17, 15) is 0 Å². The molecular formula is C19H22N2O2S. The van der Waals surface area contributed by atoms with Gasteiger partial charge in [-0.1, -0.05) is 24.3 Å². The van der Waals surface area contributed by atoms with Gasteiger partial charge >= 0.3 is 0 Å². The number of ether oxygens (including phenoxy) is 2. The standard InChI is InChI=1S/C19H22N2O2S/c1-4-22-16-10-17(23-5-2)19(14-9-7-6-8-13(14)16)15-12-24-18(21-15)11-20-3/h6-10,12,20H,4-5,11H2,1-3H3. The molecule has 0 aliphatic carbocycles. The summed E-state index contributed by atoms with van der Waals surface area (Å²) in [5, 5.41) is 8.49. The van der Waals surface area contributed by atoms with Crippen molar-refractivity contribution < 1.29 is 9.47 Å². The first-order chi connectivity index (χ1) is 11.8. The van der Waals surface area contributed by atoms with Gasteiger partial charge in [0.1, 0.15) is 16.5 Å². The minimum Gasteiger partial charge on any atom is -0.493 e. The molecule has 0 fully saturated rings. The molecular weight excluding hydrogens is 320 g/mol. The van der Waals surface area contributed by atoms with Gasteiger partial charge in [0.05, 0.1) is 24.5 Å². The minimum absolute atomic E-state index is 0.602. The van der Waals surface area contributed by atoms with Gasteiger partial charge in [-0.25, -0.2) is 4.98 Å². The average molecular weight is 342 g/mol. The SMILES string of the molecule is CCOc1cc(OCC)c2ccccc2c1-c1csc(CNC)n1. The summed E-state index contributed by atoms with van der Waals surface area (Å²) in [5.74, 6) is 1.67. The van der Waals surface area contributed by atoms with Gasteiger partial charge in [0.2, 0.25) is 0 Å². The molecule has 1 heterocycles. The van der Waals surface area contributed by atoms with Gasteiger partial charge in [-0.05, 0) is 26.3 Å². The Morgan fingerprint density at radius 3 is 2.46 bits per heavy atom. The van der Waals surface area contributed by atoms with E-state index < -0.39 is 0 Å². The molecule has 4 nitrogen and oxygen atoms in total. The third-order valence-corrected chi connectivity index (χ3v) is 4.55. The fraction of sp³-hybridized carbons (Fsp3) is 0.316. The van der Waals surface area contributed by atoms with Crippen molar-refractivity contribution in [3.8, 4) is 22.8 Å². The van der Waals surface area contributed by atoms with Crippen LogP contribution in [0.2, 0.25) is 0 Å². The lowest BCUT2D eigenvalue weighted by molar-refractivity contribution is 0.327. The zero-order valence-corrected chi connectivity index (χ0v) is 15.1. The van der Waals surface area contributed by atoms with Crippen LogP contribution in [0, 0.1) is 0 Å². The van der Waals surface area contributed by atoms with Crippen LogP contribution in [0.15, 0.2) is 35.7 Å². The maximum atomic E-state index is 5.92. The molecule has 5 heteroatoms. The van der Waals surface area contributed by atoms with Crippen LogP contribution < -0.4 is 14.8 Å². The van der Waals surface area contributed by atoms with Crippen LogP contribution >= 0.6 is 11.3 Å². The van der Waals surface area contributed by atoms with Crippen molar-refractivity contribution in [2.45, 2.75) is 20.4 Å². The second kappa shape index (κ2) is 7.64. The van der Waals surface area contributed by atoms with Gasteiger partial charge in [0, 0.05) is 23.4 Å². The van der Waals surface area contributed by atoms with E-state index in [0.29, 0.717) is 13.2 Å². The van der Waals surface area contributed by atoms with Crippen molar-refractivity contribution in [3.63, 3.8) is 0 Å². The van der Waals surface area contributed by atoms with Gasteiger partial charge in [-0.3, -0.25) is 0 Å². The second-order valence-corrected chi connectivity index (χ2v) is 6.26. The topological polar surface area (TPSA) is 43.4 Å². The minimum atomic E-state index is 0.602. The van der Waals surface area contributed by atoms with Crippen molar-refractivity contribution in [1.82, 2.24) is 10.3 Å². The summed E-state index contributed by atoms with van der Waals surface area (Å²) in [4.78, 5) is 4.77. The molecule has 0 bridgehead atoms. The number of nitrogens with zero attached hydrogens (tertiary/aromatic N) is 1. The summed E-state index contributed by atoms with van der Waals surface area (Å²) in [5.41, 5.74) is 1.99. The Hall–Kier alpha value is -2.11. The third kappa shape index (κ3) is 3.23. The monoisotopic (exact) mass is 342 g/mol. The lowest BCUT2D eigenvalue weighted by Gasteiger charge is -2.16. The fourth-order valence-electron chi connectivity index (χ4n) is 2.78. The molecule has 3 rings (SSSR count). The summed E-state index contributed by atoms with van der Waals surface area (Å²) >= 11 is 1.66. The van der Waals surface area contributed by atoms with E-state index in [0.717, 1.165) is 45.1 Å².